The fraction of sp³-hybridized carbons (Fsp3) is 0.154. The number of imide groups is 2. The van der Waals surface area contributed by atoms with Gasteiger partial charge in [0.05, 0.1) is 7.11 Å². The number of ether oxygens (including phenoxy) is 1. The van der Waals surface area contributed by atoms with Crippen LogP contribution in [0.1, 0.15) is 5.56 Å². The van der Waals surface area contributed by atoms with E-state index in [-0.39, 0.29) is 17.1 Å². The number of benzene rings is 1. The van der Waals surface area contributed by atoms with Gasteiger partial charge in [0.15, 0.2) is 11.5 Å². The maximum atomic E-state index is 11.8. The normalized spacial score (nSPS) is 17.4. The Labute approximate surface area is 114 Å². The second-order valence-electron chi connectivity index (χ2n) is 4.11. The van der Waals surface area contributed by atoms with Gasteiger partial charge in [0.1, 0.15) is 5.57 Å². The number of urea groups is 1. The van der Waals surface area contributed by atoms with Crippen LogP contribution in [0.3, 0.4) is 0 Å². The molecule has 1 aromatic rings. The Morgan fingerprint density at radius 2 is 2.00 bits per heavy atom. The molecule has 1 aliphatic heterocycles. The number of nitrogens with zero attached hydrogens (tertiary/aromatic N) is 1. The van der Waals surface area contributed by atoms with Crippen molar-refractivity contribution in [3.8, 4) is 11.5 Å². The van der Waals surface area contributed by atoms with Gasteiger partial charge in [-0.15, -0.1) is 0 Å². The summed E-state index contributed by atoms with van der Waals surface area (Å²) in [4.78, 5) is 35.5. The zero-order valence-corrected chi connectivity index (χ0v) is 10.8. The SMILES string of the molecule is COc1ccc(/C=C2\C(=O)NC(=O)N(C)C2=O)cc1O. The molecule has 0 aromatic heterocycles. The van der Waals surface area contributed by atoms with Crippen molar-refractivity contribution in [3.63, 3.8) is 0 Å². The first-order valence-electron chi connectivity index (χ1n) is 5.66. The number of phenolic OH excluding ortho intramolecular Hbond substituents is 1. The third kappa shape index (κ3) is 2.33. The number of nitrogens with one attached hydrogen (secondary N) is 1. The van der Waals surface area contributed by atoms with Gasteiger partial charge in [-0.1, -0.05) is 6.07 Å². The number of likely N-dealkylation sites (N-methyl/N-ethyl adjacent to an activating group) is 1. The Kier molecular flexibility index (Phi) is 3.43. The molecule has 1 aliphatic rings. The van der Waals surface area contributed by atoms with Crippen LogP contribution < -0.4 is 10.1 Å². The molecular formula is C13H12N2O5. The summed E-state index contributed by atoms with van der Waals surface area (Å²) in [5.74, 6) is -1.31. The summed E-state index contributed by atoms with van der Waals surface area (Å²) in [5.41, 5.74) is 0.251. The minimum Gasteiger partial charge on any atom is -0.504 e. The highest BCUT2D eigenvalue weighted by molar-refractivity contribution is 6.30. The van der Waals surface area contributed by atoms with Crippen LogP contribution in [0.15, 0.2) is 23.8 Å². The van der Waals surface area contributed by atoms with Gasteiger partial charge in [0.25, 0.3) is 11.8 Å². The topological polar surface area (TPSA) is 95.9 Å². The number of rotatable bonds is 2. The van der Waals surface area contributed by atoms with Gasteiger partial charge < -0.3 is 9.84 Å². The molecule has 1 fully saturated rings. The average molecular weight is 276 g/mol. The standard InChI is InChI=1S/C13H12N2O5/c1-15-12(18)8(11(17)14-13(15)19)5-7-3-4-10(20-2)9(16)6-7/h3-6,16H,1-2H3,(H,14,17,19)/b8-5+. The van der Waals surface area contributed by atoms with Crippen LogP contribution in [0, 0.1) is 0 Å². The fourth-order valence-electron chi connectivity index (χ4n) is 1.71. The van der Waals surface area contributed by atoms with E-state index in [0.29, 0.717) is 5.56 Å². The Hall–Kier alpha value is -2.83. The molecule has 0 unspecified atom stereocenters. The third-order valence-electron chi connectivity index (χ3n) is 2.82. The largest absolute Gasteiger partial charge is 0.504 e. The van der Waals surface area contributed by atoms with Crippen molar-refractivity contribution < 1.29 is 24.2 Å². The quantitative estimate of drug-likeness (QED) is 0.605. The van der Waals surface area contributed by atoms with Gasteiger partial charge >= 0.3 is 6.03 Å². The minimum absolute atomic E-state index is 0.116. The van der Waals surface area contributed by atoms with Crippen LogP contribution in [0.4, 0.5) is 4.79 Å². The van der Waals surface area contributed by atoms with Crippen molar-refractivity contribution >= 4 is 23.9 Å². The van der Waals surface area contributed by atoms with Crippen LogP contribution in [0.25, 0.3) is 6.08 Å². The molecule has 0 atom stereocenters. The minimum atomic E-state index is -0.770. The number of phenols is 1. The first-order chi connectivity index (χ1) is 9.43. The van der Waals surface area contributed by atoms with Gasteiger partial charge in [-0.2, -0.15) is 0 Å². The zero-order chi connectivity index (χ0) is 14.9. The van der Waals surface area contributed by atoms with Crippen molar-refractivity contribution in [2.24, 2.45) is 0 Å². The first-order valence-corrected chi connectivity index (χ1v) is 5.66. The lowest BCUT2D eigenvalue weighted by molar-refractivity contribution is -0.129. The molecule has 0 saturated carbocycles. The molecule has 0 bridgehead atoms. The summed E-state index contributed by atoms with van der Waals surface area (Å²) < 4.78 is 4.89. The highest BCUT2D eigenvalue weighted by atomic mass is 16.5. The first kappa shape index (κ1) is 13.6. The Morgan fingerprint density at radius 1 is 1.30 bits per heavy atom. The fourth-order valence-corrected chi connectivity index (χ4v) is 1.71. The van der Waals surface area contributed by atoms with E-state index < -0.39 is 17.8 Å². The van der Waals surface area contributed by atoms with Crippen LogP contribution in [0.5, 0.6) is 11.5 Å². The summed E-state index contributed by atoms with van der Waals surface area (Å²) in [7, 11) is 2.68. The molecule has 2 N–H and O–H groups in total. The monoisotopic (exact) mass is 276 g/mol. The lowest BCUT2D eigenvalue weighted by Crippen LogP contribution is -2.52. The molecule has 1 heterocycles. The van der Waals surface area contributed by atoms with E-state index in [2.05, 4.69) is 0 Å². The van der Waals surface area contributed by atoms with E-state index in [0.717, 1.165) is 4.90 Å². The number of carbonyl (C=O) groups is 3. The van der Waals surface area contributed by atoms with E-state index >= 15 is 0 Å². The lowest BCUT2D eigenvalue weighted by atomic mass is 10.1. The number of barbiturate groups is 1. The number of aromatic hydroxyl groups is 1. The van der Waals surface area contributed by atoms with Crippen molar-refractivity contribution in [3.05, 3.63) is 29.3 Å². The lowest BCUT2D eigenvalue weighted by Gasteiger charge is -2.22. The second-order valence-corrected chi connectivity index (χ2v) is 4.11. The molecule has 4 amide bonds. The summed E-state index contributed by atoms with van der Waals surface area (Å²) >= 11 is 0. The molecule has 2 rings (SSSR count). The second kappa shape index (κ2) is 5.04. The van der Waals surface area contributed by atoms with Crippen LogP contribution in [0.2, 0.25) is 0 Å². The van der Waals surface area contributed by atoms with Crippen molar-refractivity contribution in [1.29, 1.82) is 0 Å². The van der Waals surface area contributed by atoms with Crippen molar-refractivity contribution in [2.75, 3.05) is 14.2 Å². The Morgan fingerprint density at radius 3 is 2.60 bits per heavy atom. The number of amides is 4. The van der Waals surface area contributed by atoms with E-state index in [4.69, 9.17) is 4.74 Å². The smallest absolute Gasteiger partial charge is 0.331 e. The van der Waals surface area contributed by atoms with Crippen LogP contribution >= 0.6 is 0 Å². The van der Waals surface area contributed by atoms with Gasteiger partial charge in [-0.25, -0.2) is 4.79 Å². The molecule has 1 saturated heterocycles. The van der Waals surface area contributed by atoms with Gasteiger partial charge in [-0.05, 0) is 23.8 Å². The van der Waals surface area contributed by atoms with Crippen molar-refractivity contribution in [1.82, 2.24) is 10.2 Å². The van der Waals surface area contributed by atoms with E-state index in [1.165, 1.54) is 32.4 Å². The van der Waals surface area contributed by atoms with Gasteiger partial charge in [0.2, 0.25) is 0 Å². The highest BCUT2D eigenvalue weighted by Gasteiger charge is 2.32. The molecule has 0 aliphatic carbocycles. The molecule has 0 radical (unpaired) electrons. The molecule has 104 valence electrons. The molecule has 7 heteroatoms. The summed E-state index contributed by atoms with van der Waals surface area (Å²) in [6, 6.07) is 3.66. The number of hydrogen-bond acceptors (Lipinski definition) is 5. The number of carbonyl (C=O) groups excluding carboxylic acids is 3. The maximum absolute atomic E-state index is 11.8. The van der Waals surface area contributed by atoms with E-state index in [9.17, 15) is 19.5 Å². The summed E-state index contributed by atoms with van der Waals surface area (Å²) in [6.45, 7) is 0. The van der Waals surface area contributed by atoms with Crippen LogP contribution in [-0.4, -0.2) is 42.0 Å². The highest BCUT2D eigenvalue weighted by Crippen LogP contribution is 2.27. The Balaban J connectivity index is 2.39. The Bertz CT molecular complexity index is 636. The predicted molar refractivity (Wildman–Crippen MR) is 68.9 cm³/mol. The summed E-state index contributed by atoms with van der Waals surface area (Å²) in [5, 5.41) is 11.7. The maximum Gasteiger partial charge on any atom is 0.331 e. The third-order valence-corrected chi connectivity index (χ3v) is 2.82. The molecule has 0 spiro atoms. The molecule has 20 heavy (non-hydrogen) atoms. The molecule has 1 aromatic carbocycles. The van der Waals surface area contributed by atoms with Crippen molar-refractivity contribution in [2.45, 2.75) is 0 Å². The van der Waals surface area contributed by atoms with Crippen LogP contribution in [-0.2, 0) is 9.59 Å². The molecule has 7 nitrogen and oxygen atoms in total. The van der Waals surface area contributed by atoms with E-state index in [1.54, 1.807) is 6.07 Å². The predicted octanol–water partition coefficient (Wildman–Crippen LogP) is 0.492. The number of methoxy groups -OCH3 is 1. The van der Waals surface area contributed by atoms with Gasteiger partial charge in [-0.3, -0.25) is 19.8 Å². The van der Waals surface area contributed by atoms with E-state index in [1.807, 2.05) is 5.32 Å². The van der Waals surface area contributed by atoms with Gasteiger partial charge in [0, 0.05) is 7.05 Å². The number of hydrogen-bond donors (Lipinski definition) is 2. The summed E-state index contributed by atoms with van der Waals surface area (Å²) in [6.07, 6.45) is 1.29. The molecular weight excluding hydrogens is 264 g/mol. The zero-order valence-electron chi connectivity index (χ0n) is 10.8. The average Bonchev–Trinajstić information content (AvgIpc) is 2.41.